The summed E-state index contributed by atoms with van der Waals surface area (Å²) in [4.78, 5) is 14.1. The Morgan fingerprint density at radius 3 is 2.86 bits per heavy atom. The Morgan fingerprint density at radius 2 is 2.21 bits per heavy atom. The molecule has 0 aliphatic heterocycles. The van der Waals surface area contributed by atoms with E-state index in [2.05, 4.69) is 18.0 Å². The molecule has 0 saturated carbocycles. The molecule has 2 nitrogen and oxygen atoms in total. The van der Waals surface area contributed by atoms with Gasteiger partial charge in [-0.05, 0) is 18.9 Å². The number of benzene rings is 1. The second-order valence-corrected chi connectivity index (χ2v) is 3.47. The third-order valence-electron chi connectivity index (χ3n) is 2.66. The maximum Gasteiger partial charge on any atom is 0.152 e. The average Bonchev–Trinajstić information content (AvgIpc) is 2.52. The highest BCUT2D eigenvalue weighted by Gasteiger charge is 2.08. The molecule has 1 N–H and O–H groups in total. The van der Waals surface area contributed by atoms with Gasteiger partial charge in [-0.1, -0.05) is 25.1 Å². The summed E-state index contributed by atoms with van der Waals surface area (Å²) in [5.74, 6) is 0. The number of aldehydes is 1. The number of hydrogen-bond donors (Lipinski definition) is 1. The third-order valence-corrected chi connectivity index (χ3v) is 2.66. The lowest BCUT2D eigenvalue weighted by molar-refractivity contribution is 0.112. The maximum absolute atomic E-state index is 10.9. The molecule has 0 aliphatic rings. The van der Waals surface area contributed by atoms with Crippen LogP contribution in [0.2, 0.25) is 0 Å². The number of carbonyl (C=O) groups is 1. The van der Waals surface area contributed by atoms with E-state index in [-0.39, 0.29) is 0 Å². The molecule has 2 heteroatoms. The zero-order chi connectivity index (χ0) is 10.1. The van der Waals surface area contributed by atoms with E-state index in [9.17, 15) is 4.79 Å². The van der Waals surface area contributed by atoms with Crippen LogP contribution in [-0.2, 0) is 6.42 Å². The molecule has 0 unspecified atom stereocenters. The molecular weight excluding hydrogens is 174 g/mol. The number of para-hydroxylation sites is 1. The van der Waals surface area contributed by atoms with Gasteiger partial charge in [0.05, 0.1) is 0 Å². The summed E-state index contributed by atoms with van der Waals surface area (Å²) in [7, 11) is 0. The number of hydrogen-bond acceptors (Lipinski definition) is 1. The number of nitrogens with one attached hydrogen (secondary N) is 1. The van der Waals surface area contributed by atoms with Gasteiger partial charge in [0.2, 0.25) is 0 Å². The van der Waals surface area contributed by atoms with Crippen LogP contribution in [0.1, 0.15) is 28.5 Å². The number of H-pyrrole nitrogens is 1. The molecule has 1 aromatic carbocycles. The lowest BCUT2D eigenvalue weighted by atomic mass is 10.1. The summed E-state index contributed by atoms with van der Waals surface area (Å²) in [6.45, 7) is 4.05. The monoisotopic (exact) mass is 187 g/mol. The summed E-state index contributed by atoms with van der Waals surface area (Å²) >= 11 is 0. The Balaban J connectivity index is 2.85. The van der Waals surface area contributed by atoms with Crippen molar-refractivity contribution < 1.29 is 4.79 Å². The normalized spacial score (nSPS) is 10.7. The molecule has 72 valence electrons. The Kier molecular flexibility index (Phi) is 2.12. The summed E-state index contributed by atoms with van der Waals surface area (Å²) in [5, 5.41) is 1.04. The van der Waals surface area contributed by atoms with E-state index in [1.54, 1.807) is 0 Å². The van der Waals surface area contributed by atoms with Crippen molar-refractivity contribution in [3.63, 3.8) is 0 Å². The van der Waals surface area contributed by atoms with E-state index >= 15 is 0 Å². The molecule has 14 heavy (non-hydrogen) atoms. The van der Waals surface area contributed by atoms with E-state index in [0.29, 0.717) is 0 Å². The van der Waals surface area contributed by atoms with E-state index in [0.717, 1.165) is 34.9 Å². The Bertz CT molecular complexity index is 482. The lowest BCUT2D eigenvalue weighted by Crippen LogP contribution is -1.82. The van der Waals surface area contributed by atoms with Gasteiger partial charge in [-0.25, -0.2) is 0 Å². The summed E-state index contributed by atoms with van der Waals surface area (Å²) in [6.07, 6.45) is 1.91. The second-order valence-electron chi connectivity index (χ2n) is 3.47. The number of fused-ring (bicyclic) bond motifs is 1. The van der Waals surface area contributed by atoms with Gasteiger partial charge in [0.1, 0.15) is 0 Å². The van der Waals surface area contributed by atoms with Crippen LogP contribution in [0.5, 0.6) is 0 Å². The van der Waals surface area contributed by atoms with Crippen molar-refractivity contribution in [2.45, 2.75) is 20.3 Å². The van der Waals surface area contributed by atoms with E-state index in [1.165, 1.54) is 5.56 Å². The van der Waals surface area contributed by atoms with Crippen LogP contribution in [0.3, 0.4) is 0 Å². The van der Waals surface area contributed by atoms with Gasteiger partial charge in [0, 0.05) is 22.2 Å². The molecule has 0 amide bonds. The van der Waals surface area contributed by atoms with Gasteiger partial charge in [-0.3, -0.25) is 4.79 Å². The number of aromatic nitrogens is 1. The van der Waals surface area contributed by atoms with Crippen LogP contribution in [0.15, 0.2) is 18.2 Å². The lowest BCUT2D eigenvalue weighted by Gasteiger charge is -1.97. The minimum Gasteiger partial charge on any atom is -0.358 e. The molecule has 0 radical (unpaired) electrons. The maximum atomic E-state index is 10.9. The van der Waals surface area contributed by atoms with Gasteiger partial charge in [0.15, 0.2) is 6.29 Å². The first-order valence-corrected chi connectivity index (χ1v) is 4.83. The first-order valence-electron chi connectivity index (χ1n) is 4.83. The molecule has 0 bridgehead atoms. The summed E-state index contributed by atoms with van der Waals surface area (Å²) < 4.78 is 0. The average molecular weight is 187 g/mol. The smallest absolute Gasteiger partial charge is 0.152 e. The number of rotatable bonds is 2. The highest BCUT2D eigenvalue weighted by Crippen LogP contribution is 2.23. The van der Waals surface area contributed by atoms with Crippen molar-refractivity contribution in [3.8, 4) is 0 Å². The Morgan fingerprint density at radius 1 is 1.43 bits per heavy atom. The van der Waals surface area contributed by atoms with Gasteiger partial charge in [-0.15, -0.1) is 0 Å². The van der Waals surface area contributed by atoms with Gasteiger partial charge < -0.3 is 4.98 Å². The topological polar surface area (TPSA) is 32.9 Å². The van der Waals surface area contributed by atoms with Crippen LogP contribution in [-0.4, -0.2) is 11.3 Å². The SMILES string of the molecule is CCc1cccc2c(C=O)c(C)[nH]c12. The predicted octanol–water partition coefficient (Wildman–Crippen LogP) is 2.85. The largest absolute Gasteiger partial charge is 0.358 e. The van der Waals surface area contributed by atoms with E-state index < -0.39 is 0 Å². The first kappa shape index (κ1) is 9.00. The molecule has 0 saturated heterocycles. The van der Waals surface area contributed by atoms with Crippen LogP contribution < -0.4 is 0 Å². The first-order chi connectivity index (χ1) is 6.77. The summed E-state index contributed by atoms with van der Waals surface area (Å²) in [5.41, 5.74) is 4.11. The fourth-order valence-corrected chi connectivity index (χ4v) is 1.88. The van der Waals surface area contributed by atoms with Crippen LogP contribution in [0, 0.1) is 6.92 Å². The quantitative estimate of drug-likeness (QED) is 0.720. The van der Waals surface area contributed by atoms with Crippen molar-refractivity contribution in [3.05, 3.63) is 35.0 Å². The fourth-order valence-electron chi connectivity index (χ4n) is 1.88. The van der Waals surface area contributed by atoms with E-state index in [4.69, 9.17) is 0 Å². The molecule has 2 rings (SSSR count). The van der Waals surface area contributed by atoms with Crippen LogP contribution in [0.25, 0.3) is 10.9 Å². The third kappa shape index (κ3) is 1.15. The van der Waals surface area contributed by atoms with Crippen LogP contribution in [0.4, 0.5) is 0 Å². The molecule has 0 aliphatic carbocycles. The van der Waals surface area contributed by atoms with Crippen molar-refractivity contribution >= 4 is 17.2 Å². The van der Waals surface area contributed by atoms with Gasteiger partial charge in [-0.2, -0.15) is 0 Å². The molecular formula is C12H13NO. The number of aryl methyl sites for hydroxylation is 2. The molecule has 0 fully saturated rings. The Hall–Kier alpha value is -1.57. The minimum absolute atomic E-state index is 0.787. The van der Waals surface area contributed by atoms with Crippen molar-refractivity contribution in [1.29, 1.82) is 0 Å². The zero-order valence-corrected chi connectivity index (χ0v) is 8.42. The Labute approximate surface area is 82.9 Å². The van der Waals surface area contributed by atoms with E-state index in [1.807, 2.05) is 19.1 Å². The standard InChI is InChI=1S/C12H13NO/c1-3-9-5-4-6-10-11(7-14)8(2)13-12(9)10/h4-7,13H,3H2,1-2H3. The molecule has 1 aromatic heterocycles. The highest BCUT2D eigenvalue weighted by molar-refractivity contribution is 6.00. The van der Waals surface area contributed by atoms with Crippen molar-refractivity contribution in [2.24, 2.45) is 0 Å². The zero-order valence-electron chi connectivity index (χ0n) is 8.42. The van der Waals surface area contributed by atoms with Gasteiger partial charge in [0.25, 0.3) is 0 Å². The molecule has 1 heterocycles. The van der Waals surface area contributed by atoms with Crippen molar-refractivity contribution in [1.82, 2.24) is 4.98 Å². The highest BCUT2D eigenvalue weighted by atomic mass is 16.1. The molecule has 0 spiro atoms. The molecule has 0 atom stereocenters. The van der Waals surface area contributed by atoms with Crippen LogP contribution >= 0.6 is 0 Å². The number of carbonyl (C=O) groups excluding carboxylic acids is 1. The summed E-state index contributed by atoms with van der Waals surface area (Å²) in [6, 6.07) is 6.08. The van der Waals surface area contributed by atoms with Crippen molar-refractivity contribution in [2.75, 3.05) is 0 Å². The number of aromatic amines is 1. The minimum atomic E-state index is 0.787. The fraction of sp³-hybridized carbons (Fsp3) is 0.250. The molecule has 2 aromatic rings. The second kappa shape index (κ2) is 3.29. The van der Waals surface area contributed by atoms with Gasteiger partial charge >= 0.3 is 0 Å². The predicted molar refractivity (Wildman–Crippen MR) is 57.8 cm³/mol.